The third-order valence-corrected chi connectivity index (χ3v) is 2.67. The summed E-state index contributed by atoms with van der Waals surface area (Å²) in [7, 11) is 0. The molecule has 0 atom stereocenters. The summed E-state index contributed by atoms with van der Waals surface area (Å²) in [4.78, 5) is 12.1. The number of pyridine rings is 1. The Morgan fingerprint density at radius 3 is 2.53 bits per heavy atom. The summed E-state index contributed by atoms with van der Waals surface area (Å²) in [5, 5.41) is 0. The van der Waals surface area contributed by atoms with Crippen LogP contribution in [0.4, 0.5) is 5.69 Å². The highest BCUT2D eigenvalue weighted by Crippen LogP contribution is 2.20. The van der Waals surface area contributed by atoms with Gasteiger partial charge in [0.25, 0.3) is 0 Å². The summed E-state index contributed by atoms with van der Waals surface area (Å²) in [5.74, 6) is 0.818. The van der Waals surface area contributed by atoms with E-state index in [4.69, 9.17) is 5.73 Å². The number of rotatable bonds is 1. The van der Waals surface area contributed by atoms with E-state index in [-0.39, 0.29) is 0 Å². The first-order chi connectivity index (χ1) is 8.22. The molecule has 0 bridgehead atoms. The summed E-state index contributed by atoms with van der Waals surface area (Å²) in [5.41, 5.74) is 10.1. The lowest BCUT2D eigenvalue weighted by atomic mass is 10.2. The predicted molar refractivity (Wildman–Crippen MR) is 68.5 cm³/mol. The van der Waals surface area contributed by atoms with Crippen LogP contribution in [0.15, 0.2) is 36.4 Å². The number of imidazole rings is 1. The van der Waals surface area contributed by atoms with Crippen molar-refractivity contribution in [2.75, 3.05) is 5.73 Å². The summed E-state index contributed by atoms with van der Waals surface area (Å²) in [6, 6.07) is 11.6. The number of hydrogen-bond acceptors (Lipinski definition) is 3. The summed E-state index contributed by atoms with van der Waals surface area (Å²) >= 11 is 0. The predicted octanol–water partition coefficient (Wildman–Crippen LogP) is 2.52. The van der Waals surface area contributed by atoms with E-state index in [2.05, 4.69) is 15.0 Å². The molecular weight excluding hydrogens is 212 g/mol. The molecule has 2 heterocycles. The molecule has 3 N–H and O–H groups in total. The molecule has 17 heavy (non-hydrogen) atoms. The lowest BCUT2D eigenvalue weighted by Crippen LogP contribution is -1.85. The molecule has 0 unspecified atom stereocenters. The zero-order chi connectivity index (χ0) is 11.8. The van der Waals surface area contributed by atoms with Gasteiger partial charge in [-0.25, -0.2) is 9.97 Å². The first-order valence-corrected chi connectivity index (χ1v) is 5.42. The number of nitrogens with two attached hydrogens (primary N) is 1. The number of fused-ring (bicyclic) bond motifs is 1. The number of H-pyrrole nitrogens is 1. The third kappa shape index (κ3) is 1.73. The van der Waals surface area contributed by atoms with Crippen molar-refractivity contribution in [2.45, 2.75) is 6.92 Å². The van der Waals surface area contributed by atoms with Crippen molar-refractivity contribution in [2.24, 2.45) is 0 Å². The Bertz CT molecular complexity index is 667. The van der Waals surface area contributed by atoms with Gasteiger partial charge in [0.05, 0.1) is 5.52 Å². The summed E-state index contributed by atoms with van der Waals surface area (Å²) in [6.45, 7) is 1.96. The lowest BCUT2D eigenvalue weighted by molar-refractivity contribution is 1.22. The number of hydrogen-bond donors (Lipinski definition) is 2. The second-order valence-electron chi connectivity index (χ2n) is 4.03. The zero-order valence-electron chi connectivity index (χ0n) is 9.44. The van der Waals surface area contributed by atoms with Crippen LogP contribution >= 0.6 is 0 Å². The lowest BCUT2D eigenvalue weighted by Gasteiger charge is -1.96. The molecule has 84 valence electrons. The Morgan fingerprint density at radius 2 is 1.76 bits per heavy atom. The molecule has 4 heteroatoms. The van der Waals surface area contributed by atoms with Crippen LogP contribution in [0, 0.1) is 6.92 Å². The molecule has 3 rings (SSSR count). The Balaban J connectivity index is 2.14. The van der Waals surface area contributed by atoms with Crippen molar-refractivity contribution in [3.05, 3.63) is 42.1 Å². The number of nitrogen functional groups attached to an aromatic ring is 1. The third-order valence-electron chi connectivity index (χ3n) is 2.67. The molecule has 0 aliphatic heterocycles. The standard InChI is InChI=1S/C13H12N4/c1-8-2-7-11-13(15-8)17-12(16-11)9-3-5-10(14)6-4-9/h2-7H,14H2,1H3,(H,15,16,17). The molecule has 4 nitrogen and oxygen atoms in total. The maximum absolute atomic E-state index is 5.66. The molecule has 0 aliphatic rings. The number of anilines is 1. The van der Waals surface area contributed by atoms with E-state index >= 15 is 0 Å². The van der Waals surface area contributed by atoms with Gasteiger partial charge in [-0.1, -0.05) is 0 Å². The van der Waals surface area contributed by atoms with Gasteiger partial charge in [-0.05, 0) is 43.3 Å². The van der Waals surface area contributed by atoms with Crippen molar-refractivity contribution >= 4 is 16.9 Å². The molecule has 2 aromatic heterocycles. The van der Waals surface area contributed by atoms with Gasteiger partial charge >= 0.3 is 0 Å². The topological polar surface area (TPSA) is 67.6 Å². The molecule has 0 saturated heterocycles. The fraction of sp³-hybridized carbons (Fsp3) is 0.0769. The van der Waals surface area contributed by atoms with Crippen molar-refractivity contribution in [1.82, 2.24) is 15.0 Å². The molecule has 0 aliphatic carbocycles. The molecule has 0 radical (unpaired) electrons. The van der Waals surface area contributed by atoms with Crippen LogP contribution in [0.25, 0.3) is 22.6 Å². The van der Waals surface area contributed by atoms with E-state index in [9.17, 15) is 0 Å². The van der Waals surface area contributed by atoms with Gasteiger partial charge in [0, 0.05) is 16.9 Å². The number of aromatic amines is 1. The first kappa shape index (κ1) is 9.84. The average molecular weight is 224 g/mol. The van der Waals surface area contributed by atoms with Gasteiger partial charge in [0.2, 0.25) is 0 Å². The van der Waals surface area contributed by atoms with Crippen molar-refractivity contribution < 1.29 is 0 Å². The average Bonchev–Trinajstić information content (AvgIpc) is 2.72. The smallest absolute Gasteiger partial charge is 0.178 e. The Morgan fingerprint density at radius 1 is 1.00 bits per heavy atom. The fourth-order valence-electron chi connectivity index (χ4n) is 1.76. The van der Waals surface area contributed by atoms with Gasteiger partial charge in [0.15, 0.2) is 5.65 Å². The normalized spacial score (nSPS) is 10.9. The van der Waals surface area contributed by atoms with Crippen LogP contribution in [0.2, 0.25) is 0 Å². The van der Waals surface area contributed by atoms with E-state index in [1.54, 1.807) is 0 Å². The van der Waals surface area contributed by atoms with Gasteiger partial charge in [-0.2, -0.15) is 0 Å². The monoisotopic (exact) mass is 224 g/mol. The van der Waals surface area contributed by atoms with Crippen LogP contribution in [0.3, 0.4) is 0 Å². The maximum atomic E-state index is 5.66. The van der Waals surface area contributed by atoms with Crippen LogP contribution in [0.1, 0.15) is 5.69 Å². The fourth-order valence-corrected chi connectivity index (χ4v) is 1.76. The van der Waals surface area contributed by atoms with E-state index < -0.39 is 0 Å². The largest absolute Gasteiger partial charge is 0.399 e. The van der Waals surface area contributed by atoms with E-state index in [0.717, 1.165) is 33.9 Å². The summed E-state index contributed by atoms with van der Waals surface area (Å²) in [6.07, 6.45) is 0. The first-order valence-electron chi connectivity index (χ1n) is 5.42. The second-order valence-corrected chi connectivity index (χ2v) is 4.03. The minimum Gasteiger partial charge on any atom is -0.399 e. The number of aromatic nitrogens is 3. The highest BCUT2D eigenvalue weighted by Gasteiger charge is 2.05. The van der Waals surface area contributed by atoms with E-state index in [1.165, 1.54) is 0 Å². The second kappa shape index (κ2) is 3.59. The number of nitrogens with one attached hydrogen (secondary N) is 1. The van der Waals surface area contributed by atoms with Crippen molar-refractivity contribution in [3.63, 3.8) is 0 Å². The molecule has 0 fully saturated rings. The van der Waals surface area contributed by atoms with Gasteiger partial charge in [-0.15, -0.1) is 0 Å². The van der Waals surface area contributed by atoms with Crippen LogP contribution < -0.4 is 5.73 Å². The van der Waals surface area contributed by atoms with Gasteiger partial charge in [-0.3, -0.25) is 0 Å². The van der Waals surface area contributed by atoms with Crippen LogP contribution in [-0.4, -0.2) is 15.0 Å². The Hall–Kier alpha value is -2.36. The molecule has 0 spiro atoms. The molecule has 0 saturated carbocycles. The molecular formula is C13H12N4. The van der Waals surface area contributed by atoms with E-state index in [0.29, 0.717) is 0 Å². The van der Waals surface area contributed by atoms with E-state index in [1.807, 2.05) is 43.3 Å². The van der Waals surface area contributed by atoms with Crippen LogP contribution in [0.5, 0.6) is 0 Å². The quantitative estimate of drug-likeness (QED) is 0.624. The van der Waals surface area contributed by atoms with Crippen LogP contribution in [-0.2, 0) is 0 Å². The van der Waals surface area contributed by atoms with Crippen molar-refractivity contribution in [3.8, 4) is 11.4 Å². The number of benzene rings is 1. The molecule has 1 aromatic carbocycles. The minimum absolute atomic E-state index is 0.747. The highest BCUT2D eigenvalue weighted by atomic mass is 15.0. The SMILES string of the molecule is Cc1ccc2[nH]c(-c3ccc(N)cc3)nc2n1. The summed E-state index contributed by atoms with van der Waals surface area (Å²) < 4.78 is 0. The minimum atomic E-state index is 0.747. The number of aryl methyl sites for hydroxylation is 1. The molecule has 0 amide bonds. The zero-order valence-corrected chi connectivity index (χ0v) is 9.44. The van der Waals surface area contributed by atoms with Crippen molar-refractivity contribution in [1.29, 1.82) is 0 Å². The highest BCUT2D eigenvalue weighted by molar-refractivity contribution is 5.76. The Kier molecular flexibility index (Phi) is 2.08. The number of nitrogens with zero attached hydrogens (tertiary/aromatic N) is 2. The molecule has 3 aromatic rings. The maximum Gasteiger partial charge on any atom is 0.178 e. The van der Waals surface area contributed by atoms with Gasteiger partial charge in [0.1, 0.15) is 5.82 Å². The Labute approximate surface area is 98.5 Å². The van der Waals surface area contributed by atoms with Gasteiger partial charge < -0.3 is 10.7 Å².